The molecule has 4 rings (SSSR count). The Morgan fingerprint density at radius 2 is 1.62 bits per heavy atom. The van der Waals surface area contributed by atoms with E-state index < -0.39 is 0 Å². The molecular weight excluding hydrogens is 298 g/mol. The summed E-state index contributed by atoms with van der Waals surface area (Å²) in [4.78, 5) is 14.2. The van der Waals surface area contributed by atoms with Gasteiger partial charge in [0.25, 0.3) is 0 Å². The smallest absolute Gasteiger partial charge is 0.132 e. The molecule has 24 heavy (non-hydrogen) atoms. The Morgan fingerprint density at radius 3 is 2.29 bits per heavy atom. The van der Waals surface area contributed by atoms with Gasteiger partial charge in [-0.25, -0.2) is 9.97 Å². The second kappa shape index (κ2) is 7.36. The van der Waals surface area contributed by atoms with Crippen LogP contribution in [0.1, 0.15) is 63.0 Å². The lowest BCUT2D eigenvalue weighted by Crippen LogP contribution is -2.45. The largest absolute Gasteiger partial charge is 0.356 e. The van der Waals surface area contributed by atoms with Crippen LogP contribution in [0.3, 0.4) is 0 Å². The van der Waals surface area contributed by atoms with E-state index in [4.69, 9.17) is 5.73 Å². The van der Waals surface area contributed by atoms with Crippen molar-refractivity contribution >= 4 is 5.82 Å². The van der Waals surface area contributed by atoms with Crippen molar-refractivity contribution in [2.45, 2.75) is 69.4 Å². The molecule has 5 nitrogen and oxygen atoms in total. The third-order valence-corrected chi connectivity index (χ3v) is 6.21. The highest BCUT2D eigenvalue weighted by Crippen LogP contribution is 2.35. The number of hydrogen-bond donors (Lipinski definition) is 1. The Hall–Kier alpha value is -1.20. The SMILES string of the molecule is NC1CC(c2cc(N3CCC(N4CCCCCC4)CC3)ncn2)C1. The fraction of sp³-hybridized carbons (Fsp3) is 0.789. The van der Waals surface area contributed by atoms with Crippen molar-refractivity contribution in [3.05, 3.63) is 18.1 Å². The van der Waals surface area contributed by atoms with Crippen LogP contribution in [-0.2, 0) is 0 Å². The van der Waals surface area contributed by atoms with Crippen molar-refractivity contribution in [1.82, 2.24) is 14.9 Å². The molecule has 2 aliphatic heterocycles. The van der Waals surface area contributed by atoms with Crippen molar-refractivity contribution in [1.29, 1.82) is 0 Å². The van der Waals surface area contributed by atoms with Crippen LogP contribution in [0.25, 0.3) is 0 Å². The van der Waals surface area contributed by atoms with E-state index in [0.29, 0.717) is 12.0 Å². The first-order valence-corrected chi connectivity index (χ1v) is 9.86. The summed E-state index contributed by atoms with van der Waals surface area (Å²) in [5.41, 5.74) is 7.12. The minimum absolute atomic E-state index is 0.373. The number of nitrogens with zero attached hydrogens (tertiary/aromatic N) is 4. The molecule has 3 fully saturated rings. The minimum atomic E-state index is 0.373. The summed E-state index contributed by atoms with van der Waals surface area (Å²) in [6.45, 7) is 4.87. The zero-order chi connectivity index (χ0) is 16.4. The average Bonchev–Trinajstić information content (AvgIpc) is 2.89. The summed E-state index contributed by atoms with van der Waals surface area (Å²) in [5, 5.41) is 0. The van der Waals surface area contributed by atoms with E-state index in [0.717, 1.165) is 37.8 Å². The van der Waals surface area contributed by atoms with Crippen molar-refractivity contribution in [2.24, 2.45) is 5.73 Å². The molecule has 3 aliphatic rings. The molecule has 0 spiro atoms. The molecule has 2 N–H and O–H groups in total. The zero-order valence-electron chi connectivity index (χ0n) is 14.7. The van der Waals surface area contributed by atoms with Crippen molar-refractivity contribution < 1.29 is 0 Å². The van der Waals surface area contributed by atoms with E-state index in [2.05, 4.69) is 25.8 Å². The number of anilines is 1. The molecule has 1 saturated carbocycles. The van der Waals surface area contributed by atoms with Crippen LogP contribution >= 0.6 is 0 Å². The first-order valence-electron chi connectivity index (χ1n) is 9.86. The normalized spacial score (nSPS) is 30.0. The molecule has 0 atom stereocenters. The molecule has 0 amide bonds. The van der Waals surface area contributed by atoms with Crippen LogP contribution < -0.4 is 10.6 Å². The van der Waals surface area contributed by atoms with Gasteiger partial charge in [-0.1, -0.05) is 12.8 Å². The molecule has 0 aromatic carbocycles. The Bertz CT molecular complexity index is 526. The lowest BCUT2D eigenvalue weighted by molar-refractivity contribution is 0.175. The fourth-order valence-corrected chi connectivity index (χ4v) is 4.58. The van der Waals surface area contributed by atoms with Crippen LogP contribution in [0, 0.1) is 0 Å². The van der Waals surface area contributed by atoms with Crippen LogP contribution in [0.4, 0.5) is 5.82 Å². The van der Waals surface area contributed by atoms with Gasteiger partial charge < -0.3 is 15.5 Å². The van der Waals surface area contributed by atoms with Crippen LogP contribution in [0.5, 0.6) is 0 Å². The Balaban J connectivity index is 1.34. The first kappa shape index (κ1) is 16.3. The number of hydrogen-bond acceptors (Lipinski definition) is 5. The van der Waals surface area contributed by atoms with Gasteiger partial charge in [-0.2, -0.15) is 0 Å². The second-order valence-electron chi connectivity index (χ2n) is 7.90. The van der Waals surface area contributed by atoms with E-state index >= 15 is 0 Å². The van der Waals surface area contributed by atoms with Gasteiger partial charge in [-0.15, -0.1) is 0 Å². The van der Waals surface area contributed by atoms with Gasteiger partial charge in [-0.3, -0.25) is 0 Å². The summed E-state index contributed by atoms with van der Waals surface area (Å²) in [7, 11) is 0. The standard InChI is InChI=1S/C19H31N5/c20-16-11-15(12-16)18-13-19(22-14-21-18)24-9-5-17(6-10-24)23-7-3-1-2-4-8-23/h13-17H,1-12,20H2. The monoisotopic (exact) mass is 329 g/mol. The molecule has 3 heterocycles. The van der Waals surface area contributed by atoms with E-state index in [9.17, 15) is 0 Å². The van der Waals surface area contributed by atoms with Gasteiger partial charge in [0.15, 0.2) is 0 Å². The summed E-state index contributed by atoms with van der Waals surface area (Å²) < 4.78 is 0. The predicted molar refractivity (Wildman–Crippen MR) is 97.3 cm³/mol. The number of rotatable bonds is 3. The van der Waals surface area contributed by atoms with Crippen molar-refractivity contribution in [2.75, 3.05) is 31.1 Å². The summed E-state index contributed by atoms with van der Waals surface area (Å²) in [6, 6.07) is 3.37. The van der Waals surface area contributed by atoms with Crippen LogP contribution in [-0.4, -0.2) is 53.1 Å². The molecule has 2 saturated heterocycles. The number of piperidine rings is 1. The van der Waals surface area contributed by atoms with Crippen LogP contribution in [0.2, 0.25) is 0 Å². The summed E-state index contributed by atoms with van der Waals surface area (Å²) >= 11 is 0. The van der Waals surface area contributed by atoms with E-state index in [1.165, 1.54) is 57.3 Å². The lowest BCUT2D eigenvalue weighted by Gasteiger charge is -2.39. The van der Waals surface area contributed by atoms with E-state index in [1.54, 1.807) is 6.33 Å². The molecule has 5 heteroatoms. The van der Waals surface area contributed by atoms with Gasteiger partial charge >= 0.3 is 0 Å². The van der Waals surface area contributed by atoms with Gasteiger partial charge in [0.05, 0.1) is 0 Å². The van der Waals surface area contributed by atoms with Gasteiger partial charge in [-0.05, 0) is 51.6 Å². The maximum absolute atomic E-state index is 5.93. The van der Waals surface area contributed by atoms with Gasteiger partial charge in [0.2, 0.25) is 0 Å². The average molecular weight is 329 g/mol. The predicted octanol–water partition coefficient (Wildman–Crippen LogP) is 2.53. The van der Waals surface area contributed by atoms with Crippen LogP contribution in [0.15, 0.2) is 12.4 Å². The molecule has 132 valence electrons. The quantitative estimate of drug-likeness (QED) is 0.923. The number of nitrogens with two attached hydrogens (primary N) is 1. The molecular formula is C19H31N5. The van der Waals surface area contributed by atoms with Gasteiger partial charge in [0.1, 0.15) is 12.1 Å². The molecule has 0 radical (unpaired) electrons. The molecule has 0 bridgehead atoms. The summed E-state index contributed by atoms with van der Waals surface area (Å²) in [6.07, 6.45) is 12.1. The second-order valence-corrected chi connectivity index (χ2v) is 7.90. The lowest BCUT2D eigenvalue weighted by atomic mass is 9.78. The Kier molecular flexibility index (Phi) is 4.99. The highest BCUT2D eigenvalue weighted by atomic mass is 15.2. The first-order chi connectivity index (χ1) is 11.8. The molecule has 1 aliphatic carbocycles. The Labute approximate surface area is 145 Å². The molecule has 0 unspecified atom stereocenters. The maximum Gasteiger partial charge on any atom is 0.132 e. The highest BCUT2D eigenvalue weighted by Gasteiger charge is 2.30. The van der Waals surface area contributed by atoms with E-state index in [-0.39, 0.29) is 0 Å². The topological polar surface area (TPSA) is 58.3 Å². The molecule has 1 aromatic heterocycles. The van der Waals surface area contributed by atoms with Crippen molar-refractivity contribution in [3.8, 4) is 0 Å². The molecule has 1 aromatic rings. The fourth-order valence-electron chi connectivity index (χ4n) is 4.58. The number of likely N-dealkylation sites (tertiary alicyclic amines) is 1. The highest BCUT2D eigenvalue weighted by molar-refractivity contribution is 5.40. The maximum atomic E-state index is 5.93. The number of aromatic nitrogens is 2. The third kappa shape index (κ3) is 3.57. The third-order valence-electron chi connectivity index (χ3n) is 6.21. The summed E-state index contributed by atoms with van der Waals surface area (Å²) in [5.74, 6) is 1.67. The zero-order valence-corrected chi connectivity index (χ0v) is 14.7. The van der Waals surface area contributed by atoms with E-state index in [1.807, 2.05) is 0 Å². The van der Waals surface area contributed by atoms with Gasteiger partial charge in [0, 0.05) is 42.9 Å². The Morgan fingerprint density at radius 1 is 0.917 bits per heavy atom. The minimum Gasteiger partial charge on any atom is -0.356 e. The van der Waals surface area contributed by atoms with Crippen molar-refractivity contribution in [3.63, 3.8) is 0 Å².